The number of phenols is 2. The van der Waals surface area contributed by atoms with Crippen molar-refractivity contribution < 1.29 is 24.5 Å². The summed E-state index contributed by atoms with van der Waals surface area (Å²) in [5, 5.41) is 23.6. The smallest absolute Gasteiger partial charge is 0.259 e. The summed E-state index contributed by atoms with van der Waals surface area (Å²) in [5.74, 6) is -0.322. The molecule has 1 atom stereocenters. The fraction of sp³-hybridized carbons (Fsp3) is 0.280. The molecule has 9 heteroatoms. The number of hydrogen-bond donors (Lipinski definition) is 3. The number of phenolic OH excluding ortho intramolecular Hbond substituents is 2. The topological polar surface area (TPSA) is 104 Å². The Bertz CT molecular complexity index is 1160. The van der Waals surface area contributed by atoms with Crippen molar-refractivity contribution in [2.45, 2.75) is 25.7 Å². The van der Waals surface area contributed by atoms with Gasteiger partial charge in [-0.3, -0.25) is 15.1 Å². The second-order valence-corrected chi connectivity index (χ2v) is 8.39. The number of halogens is 1. The first kappa shape index (κ1) is 23.8. The lowest BCUT2D eigenvalue weighted by Crippen LogP contribution is -2.51. The van der Waals surface area contributed by atoms with Crippen LogP contribution < -0.4 is 10.1 Å². The molecule has 3 aromatic rings. The largest absolute Gasteiger partial charge is 0.507 e. The zero-order chi connectivity index (χ0) is 24.1. The van der Waals surface area contributed by atoms with Crippen LogP contribution in [0.4, 0.5) is 0 Å². The number of carbonyl (C=O) groups is 1. The van der Waals surface area contributed by atoms with Crippen molar-refractivity contribution in [2.75, 3.05) is 20.3 Å². The maximum Gasteiger partial charge on any atom is 0.259 e. The Morgan fingerprint density at radius 3 is 2.68 bits per heavy atom. The normalized spacial score (nSPS) is 15.1. The van der Waals surface area contributed by atoms with Crippen LogP contribution in [0.15, 0.2) is 54.9 Å². The van der Waals surface area contributed by atoms with Crippen molar-refractivity contribution in [1.82, 2.24) is 15.2 Å². The van der Waals surface area contributed by atoms with Gasteiger partial charge in [0.15, 0.2) is 0 Å². The number of aromatic nitrogens is 1. The van der Waals surface area contributed by atoms with Crippen LogP contribution in [-0.4, -0.2) is 52.5 Å². The summed E-state index contributed by atoms with van der Waals surface area (Å²) < 4.78 is 10.8. The Morgan fingerprint density at radius 1 is 1.12 bits per heavy atom. The number of rotatable bonds is 8. The molecule has 34 heavy (non-hydrogen) atoms. The van der Waals surface area contributed by atoms with Crippen molar-refractivity contribution in [1.29, 1.82) is 0 Å². The molecule has 178 valence electrons. The van der Waals surface area contributed by atoms with Gasteiger partial charge in [-0.15, -0.1) is 0 Å². The number of nitrogens with one attached hydrogen (secondary N) is 1. The van der Waals surface area contributed by atoms with Crippen LogP contribution in [0.5, 0.6) is 17.2 Å². The number of amides is 1. The number of nitrogens with zero attached hydrogens (tertiary/aromatic N) is 2. The molecule has 1 amide bonds. The lowest BCUT2D eigenvalue weighted by atomic mass is 9.96. The Labute approximate surface area is 202 Å². The van der Waals surface area contributed by atoms with Gasteiger partial charge in [0.2, 0.25) is 0 Å². The molecule has 1 aliphatic heterocycles. The quantitative estimate of drug-likeness (QED) is 0.421. The third-order valence-corrected chi connectivity index (χ3v) is 6.01. The maximum absolute atomic E-state index is 13.5. The van der Waals surface area contributed by atoms with Gasteiger partial charge < -0.3 is 24.6 Å². The third-order valence-electron chi connectivity index (χ3n) is 5.71. The highest BCUT2D eigenvalue weighted by atomic mass is 35.5. The number of aromatic hydroxyl groups is 2. The molecule has 8 nitrogen and oxygen atoms in total. The van der Waals surface area contributed by atoms with Crippen molar-refractivity contribution >= 4 is 17.5 Å². The molecular formula is C25H26ClN3O5. The molecule has 0 aliphatic carbocycles. The van der Waals surface area contributed by atoms with Gasteiger partial charge in [-0.25, -0.2) is 0 Å². The van der Waals surface area contributed by atoms with E-state index in [4.69, 9.17) is 21.1 Å². The summed E-state index contributed by atoms with van der Waals surface area (Å²) in [7, 11) is 1.61. The second-order valence-electron chi connectivity index (χ2n) is 7.98. The van der Waals surface area contributed by atoms with Crippen molar-refractivity contribution in [3.05, 3.63) is 82.1 Å². The van der Waals surface area contributed by atoms with Gasteiger partial charge in [0, 0.05) is 45.1 Å². The summed E-state index contributed by atoms with van der Waals surface area (Å²) in [6, 6.07) is 12.0. The van der Waals surface area contributed by atoms with E-state index in [2.05, 4.69) is 10.3 Å². The second kappa shape index (κ2) is 10.7. The van der Waals surface area contributed by atoms with E-state index < -0.39 is 5.91 Å². The van der Waals surface area contributed by atoms with E-state index >= 15 is 0 Å². The molecule has 2 heterocycles. The van der Waals surface area contributed by atoms with Gasteiger partial charge in [-0.2, -0.15) is 0 Å². The van der Waals surface area contributed by atoms with Crippen molar-refractivity contribution in [3.8, 4) is 17.2 Å². The monoisotopic (exact) mass is 483 g/mol. The van der Waals surface area contributed by atoms with E-state index in [0.717, 1.165) is 22.8 Å². The number of fused-ring (bicyclic) bond motifs is 1. The van der Waals surface area contributed by atoms with E-state index in [-0.39, 0.29) is 28.3 Å². The van der Waals surface area contributed by atoms with Crippen molar-refractivity contribution in [2.24, 2.45) is 0 Å². The highest BCUT2D eigenvalue weighted by molar-refractivity contribution is 6.32. The summed E-state index contributed by atoms with van der Waals surface area (Å²) >= 11 is 6.03. The van der Waals surface area contributed by atoms with Gasteiger partial charge in [0.25, 0.3) is 5.91 Å². The van der Waals surface area contributed by atoms with Crippen LogP contribution in [0.25, 0.3) is 0 Å². The molecule has 3 N–H and O–H groups in total. The number of hydrogen-bond acceptors (Lipinski definition) is 7. The van der Waals surface area contributed by atoms with Gasteiger partial charge in [-0.05, 0) is 47.0 Å². The van der Waals surface area contributed by atoms with Crippen LogP contribution in [0.3, 0.4) is 0 Å². The molecule has 0 fully saturated rings. The zero-order valence-electron chi connectivity index (χ0n) is 18.7. The van der Waals surface area contributed by atoms with Crippen LogP contribution >= 0.6 is 11.6 Å². The molecule has 0 saturated heterocycles. The standard InChI is InChI=1S/C25H26ClN3O5/c1-33-8-9-34-19-3-2-17-11-24(28-14-16-4-6-27-7-5-16)29(15-18(17)10-19)25(32)20-12-21(26)23(31)13-22(20)30/h2-7,10,12-13,24,28,30-31H,8-9,11,14-15H2,1H3/t24-/m1/s1. The third kappa shape index (κ3) is 5.41. The Hall–Kier alpha value is -3.33. The highest BCUT2D eigenvalue weighted by Gasteiger charge is 2.32. The van der Waals surface area contributed by atoms with Crippen LogP contribution in [-0.2, 0) is 24.2 Å². The Morgan fingerprint density at radius 2 is 1.91 bits per heavy atom. The summed E-state index contributed by atoms with van der Waals surface area (Å²) in [6.45, 7) is 1.74. The maximum atomic E-state index is 13.5. The average Bonchev–Trinajstić information content (AvgIpc) is 2.85. The van der Waals surface area contributed by atoms with Crippen LogP contribution in [0.1, 0.15) is 27.0 Å². The van der Waals surface area contributed by atoms with E-state index in [1.165, 1.54) is 6.07 Å². The molecular weight excluding hydrogens is 458 g/mol. The minimum absolute atomic E-state index is 0.00585. The first-order valence-corrected chi connectivity index (χ1v) is 11.2. The molecule has 0 unspecified atom stereocenters. The van der Waals surface area contributed by atoms with Crippen LogP contribution in [0, 0.1) is 0 Å². The van der Waals surface area contributed by atoms with E-state index in [0.29, 0.717) is 38.5 Å². The molecule has 2 aromatic carbocycles. The van der Waals surface area contributed by atoms with E-state index in [1.807, 2.05) is 30.3 Å². The molecule has 1 aromatic heterocycles. The average molecular weight is 484 g/mol. The van der Waals surface area contributed by atoms with Crippen LogP contribution in [0.2, 0.25) is 5.02 Å². The molecule has 1 aliphatic rings. The molecule has 0 radical (unpaired) electrons. The number of carbonyl (C=O) groups excluding carboxylic acids is 1. The fourth-order valence-corrected chi connectivity index (χ4v) is 4.07. The fourth-order valence-electron chi connectivity index (χ4n) is 3.90. The van der Waals surface area contributed by atoms with Gasteiger partial charge >= 0.3 is 0 Å². The Balaban J connectivity index is 1.62. The lowest BCUT2D eigenvalue weighted by molar-refractivity contribution is 0.0590. The minimum atomic E-state index is -0.400. The summed E-state index contributed by atoms with van der Waals surface area (Å²) in [4.78, 5) is 19.2. The van der Waals surface area contributed by atoms with Crippen molar-refractivity contribution in [3.63, 3.8) is 0 Å². The first-order valence-electron chi connectivity index (χ1n) is 10.8. The molecule has 4 rings (SSSR count). The molecule has 0 bridgehead atoms. The van der Waals surface area contributed by atoms with Gasteiger partial charge in [0.1, 0.15) is 23.9 Å². The SMILES string of the molecule is COCCOc1ccc2c(c1)CN(C(=O)c1cc(Cl)c(O)cc1O)[C@@H](NCc1ccncc1)C2. The molecule has 0 spiro atoms. The number of pyridine rings is 1. The van der Waals surface area contributed by atoms with E-state index in [9.17, 15) is 15.0 Å². The number of ether oxygens (including phenoxy) is 2. The first-order chi connectivity index (χ1) is 16.5. The number of methoxy groups -OCH3 is 1. The molecule has 0 saturated carbocycles. The van der Waals surface area contributed by atoms with E-state index in [1.54, 1.807) is 24.4 Å². The minimum Gasteiger partial charge on any atom is -0.507 e. The number of benzene rings is 2. The lowest BCUT2D eigenvalue weighted by Gasteiger charge is -2.38. The van der Waals surface area contributed by atoms with Gasteiger partial charge in [-0.1, -0.05) is 17.7 Å². The predicted molar refractivity (Wildman–Crippen MR) is 127 cm³/mol. The summed E-state index contributed by atoms with van der Waals surface area (Å²) in [6.07, 6.45) is 3.67. The Kier molecular flexibility index (Phi) is 7.52. The summed E-state index contributed by atoms with van der Waals surface area (Å²) in [5.41, 5.74) is 3.11. The highest BCUT2D eigenvalue weighted by Crippen LogP contribution is 2.34. The van der Waals surface area contributed by atoms with Gasteiger partial charge in [0.05, 0.1) is 23.4 Å². The zero-order valence-corrected chi connectivity index (χ0v) is 19.5. The predicted octanol–water partition coefficient (Wildman–Crippen LogP) is 3.49.